The minimum Gasteiger partial charge on any atom is -0.396 e. The zero-order chi connectivity index (χ0) is 11.5. The molecule has 1 saturated carbocycles. The molecule has 1 unspecified atom stereocenters. The number of hydrogen-bond acceptors (Lipinski definition) is 2. The highest BCUT2D eigenvalue weighted by Crippen LogP contribution is 2.30. The van der Waals surface area contributed by atoms with Crippen LogP contribution in [-0.2, 0) is 4.79 Å². The molecule has 88 valence electrons. The number of amides is 1. The van der Waals surface area contributed by atoms with E-state index in [0.29, 0.717) is 18.4 Å². The van der Waals surface area contributed by atoms with E-state index in [1.807, 2.05) is 4.90 Å². The lowest BCUT2D eigenvalue weighted by Gasteiger charge is -2.34. The fraction of sp³-hybridized carbons (Fsp3) is 0.769. The van der Waals surface area contributed by atoms with Gasteiger partial charge in [0.1, 0.15) is 0 Å². The summed E-state index contributed by atoms with van der Waals surface area (Å²) < 4.78 is 0. The number of hydrogen-bond donors (Lipinski definition) is 1. The predicted molar refractivity (Wildman–Crippen MR) is 61.5 cm³/mol. The minimum atomic E-state index is 0.114. The first-order valence-electron chi connectivity index (χ1n) is 6.11. The predicted octanol–water partition coefficient (Wildman–Crippen LogP) is 1.02. The molecular formula is C13H19NO2. The van der Waals surface area contributed by atoms with Crippen LogP contribution in [0.15, 0.2) is 0 Å². The van der Waals surface area contributed by atoms with Crippen molar-refractivity contribution >= 4 is 5.91 Å². The topological polar surface area (TPSA) is 40.5 Å². The average molecular weight is 221 g/mol. The maximum atomic E-state index is 11.8. The van der Waals surface area contributed by atoms with E-state index in [9.17, 15) is 4.79 Å². The van der Waals surface area contributed by atoms with Gasteiger partial charge in [-0.3, -0.25) is 4.79 Å². The van der Waals surface area contributed by atoms with Crippen molar-refractivity contribution in [3.05, 3.63) is 0 Å². The molecule has 0 aromatic heterocycles. The molecule has 1 N–H and O–H groups in total. The first-order valence-corrected chi connectivity index (χ1v) is 6.11. The van der Waals surface area contributed by atoms with Gasteiger partial charge in [0.15, 0.2) is 0 Å². The van der Waals surface area contributed by atoms with Gasteiger partial charge in [0, 0.05) is 31.5 Å². The summed E-state index contributed by atoms with van der Waals surface area (Å²) in [5, 5.41) is 9.07. The third-order valence-electron chi connectivity index (χ3n) is 3.91. The van der Waals surface area contributed by atoms with Gasteiger partial charge >= 0.3 is 0 Å². The van der Waals surface area contributed by atoms with E-state index in [1.54, 1.807) is 0 Å². The summed E-state index contributed by atoms with van der Waals surface area (Å²) in [7, 11) is 0. The molecule has 0 aromatic carbocycles. The van der Waals surface area contributed by atoms with Crippen LogP contribution in [0.5, 0.6) is 0 Å². The molecule has 16 heavy (non-hydrogen) atoms. The van der Waals surface area contributed by atoms with Crippen molar-refractivity contribution in [3.63, 3.8) is 0 Å². The summed E-state index contributed by atoms with van der Waals surface area (Å²) in [4.78, 5) is 13.7. The van der Waals surface area contributed by atoms with Gasteiger partial charge in [0.25, 0.3) is 0 Å². The van der Waals surface area contributed by atoms with Gasteiger partial charge in [-0.1, -0.05) is 0 Å². The third-order valence-corrected chi connectivity index (χ3v) is 3.91. The molecule has 0 spiro atoms. The normalized spacial score (nSPS) is 35.1. The number of aliphatic hydroxyl groups excluding tert-OH is 1. The number of nitrogens with zero attached hydrogens (tertiary/aromatic N) is 1. The molecule has 0 radical (unpaired) electrons. The first-order chi connectivity index (χ1) is 7.74. The van der Waals surface area contributed by atoms with E-state index < -0.39 is 0 Å². The lowest BCUT2D eigenvalue weighted by Crippen LogP contribution is -2.39. The van der Waals surface area contributed by atoms with Gasteiger partial charge < -0.3 is 10.0 Å². The maximum Gasteiger partial charge on any atom is 0.224 e. The summed E-state index contributed by atoms with van der Waals surface area (Å²) in [5.74, 6) is 3.45. The van der Waals surface area contributed by atoms with Gasteiger partial charge in [0.05, 0.1) is 0 Å². The first kappa shape index (κ1) is 11.5. The number of carbonyl (C=O) groups is 1. The van der Waals surface area contributed by atoms with Crippen LogP contribution in [-0.4, -0.2) is 35.1 Å². The monoisotopic (exact) mass is 221 g/mol. The Hall–Kier alpha value is -1.01. The second kappa shape index (κ2) is 4.88. The Kier molecular flexibility index (Phi) is 3.50. The molecule has 2 aliphatic rings. The van der Waals surface area contributed by atoms with Gasteiger partial charge in [-0.05, 0) is 31.6 Å². The summed E-state index contributed by atoms with van der Waals surface area (Å²) in [6, 6.07) is 0.369. The lowest BCUT2D eigenvalue weighted by molar-refractivity contribution is -0.130. The fourth-order valence-electron chi connectivity index (χ4n) is 2.84. The van der Waals surface area contributed by atoms with Gasteiger partial charge in [-0.15, -0.1) is 12.3 Å². The Morgan fingerprint density at radius 2 is 2.06 bits per heavy atom. The number of terminal acetylenes is 1. The highest BCUT2D eigenvalue weighted by Gasteiger charge is 2.35. The molecule has 1 aliphatic heterocycles. The van der Waals surface area contributed by atoms with Crippen molar-refractivity contribution in [1.29, 1.82) is 0 Å². The van der Waals surface area contributed by atoms with E-state index in [-0.39, 0.29) is 18.4 Å². The molecule has 1 aliphatic carbocycles. The van der Waals surface area contributed by atoms with Crippen LogP contribution in [0.4, 0.5) is 0 Å². The highest BCUT2D eigenvalue weighted by molar-refractivity contribution is 5.79. The van der Waals surface area contributed by atoms with E-state index in [2.05, 4.69) is 5.92 Å². The van der Waals surface area contributed by atoms with Crippen LogP contribution in [0.25, 0.3) is 0 Å². The van der Waals surface area contributed by atoms with Crippen molar-refractivity contribution in [2.45, 2.75) is 38.1 Å². The molecule has 1 atom stereocenters. The zero-order valence-electron chi connectivity index (χ0n) is 9.56. The molecule has 3 nitrogen and oxygen atoms in total. The summed E-state index contributed by atoms with van der Waals surface area (Å²) >= 11 is 0. The van der Waals surface area contributed by atoms with Gasteiger partial charge in [-0.25, -0.2) is 0 Å². The summed E-state index contributed by atoms with van der Waals surface area (Å²) in [5.41, 5.74) is 0. The Labute approximate surface area is 96.8 Å². The fourth-order valence-corrected chi connectivity index (χ4v) is 2.84. The van der Waals surface area contributed by atoms with Crippen LogP contribution in [0.3, 0.4) is 0 Å². The van der Waals surface area contributed by atoms with Crippen molar-refractivity contribution in [2.24, 2.45) is 11.8 Å². The largest absolute Gasteiger partial charge is 0.396 e. The smallest absolute Gasteiger partial charge is 0.224 e. The van der Waals surface area contributed by atoms with Crippen molar-refractivity contribution < 1.29 is 9.90 Å². The SMILES string of the molecule is C#CC1CC(=O)N(C2CCC(CO)CC2)C1. The molecule has 1 amide bonds. The molecule has 1 heterocycles. The number of rotatable bonds is 2. The Bertz CT molecular complexity index is 300. The Balaban J connectivity index is 1.90. The Morgan fingerprint density at radius 1 is 1.38 bits per heavy atom. The van der Waals surface area contributed by atoms with Crippen molar-refractivity contribution in [3.8, 4) is 12.3 Å². The molecule has 2 rings (SSSR count). The van der Waals surface area contributed by atoms with Crippen LogP contribution in [0.1, 0.15) is 32.1 Å². The highest BCUT2D eigenvalue weighted by atomic mass is 16.3. The van der Waals surface area contributed by atoms with Crippen molar-refractivity contribution in [1.82, 2.24) is 4.90 Å². The van der Waals surface area contributed by atoms with E-state index in [0.717, 1.165) is 32.2 Å². The standard InChI is InChI=1S/C13H19NO2/c1-2-10-7-13(16)14(8-10)12-5-3-11(9-15)4-6-12/h1,10-12,15H,3-9H2. The van der Waals surface area contributed by atoms with Gasteiger partial charge in [0.2, 0.25) is 5.91 Å². The minimum absolute atomic E-state index is 0.114. The summed E-state index contributed by atoms with van der Waals surface area (Å²) in [6.45, 7) is 1.03. The van der Waals surface area contributed by atoms with Crippen LogP contribution >= 0.6 is 0 Å². The van der Waals surface area contributed by atoms with E-state index in [4.69, 9.17) is 11.5 Å². The lowest BCUT2D eigenvalue weighted by atomic mass is 9.86. The third kappa shape index (κ3) is 2.22. The van der Waals surface area contributed by atoms with Crippen molar-refractivity contribution in [2.75, 3.05) is 13.2 Å². The molecule has 1 saturated heterocycles. The number of likely N-dealkylation sites (tertiary alicyclic amines) is 1. The quantitative estimate of drug-likeness (QED) is 0.707. The molecule has 2 fully saturated rings. The number of carbonyl (C=O) groups excluding carboxylic acids is 1. The Morgan fingerprint density at radius 3 is 2.56 bits per heavy atom. The zero-order valence-corrected chi connectivity index (χ0v) is 9.56. The second-order valence-electron chi connectivity index (χ2n) is 4.97. The van der Waals surface area contributed by atoms with Crippen LogP contribution in [0.2, 0.25) is 0 Å². The molecule has 3 heteroatoms. The van der Waals surface area contributed by atoms with E-state index in [1.165, 1.54) is 0 Å². The summed E-state index contributed by atoms with van der Waals surface area (Å²) in [6.07, 6.45) is 10.0. The maximum absolute atomic E-state index is 11.8. The molecule has 0 aromatic rings. The second-order valence-corrected chi connectivity index (χ2v) is 4.97. The van der Waals surface area contributed by atoms with Gasteiger partial charge in [-0.2, -0.15) is 0 Å². The number of aliphatic hydroxyl groups is 1. The molecule has 0 bridgehead atoms. The molecular weight excluding hydrogens is 202 g/mol. The van der Waals surface area contributed by atoms with Crippen LogP contribution in [0, 0.1) is 24.2 Å². The average Bonchev–Trinajstić information content (AvgIpc) is 2.71. The van der Waals surface area contributed by atoms with E-state index >= 15 is 0 Å². The van der Waals surface area contributed by atoms with Crippen LogP contribution < -0.4 is 0 Å².